The molecule has 0 fully saturated rings. The highest BCUT2D eigenvalue weighted by Crippen LogP contribution is 2.43. The molecular weight excluding hydrogens is 591 g/mol. The first-order chi connectivity index (χ1) is 24.3. The van der Waals surface area contributed by atoms with E-state index in [4.69, 9.17) is 0 Å². The van der Waals surface area contributed by atoms with Crippen LogP contribution in [0, 0.1) is 0 Å². The first-order valence-electron chi connectivity index (χ1n) is 16.8. The molecule has 0 bridgehead atoms. The Labute approximate surface area is 289 Å². The van der Waals surface area contributed by atoms with Gasteiger partial charge in [-0.05, 0) is 92.0 Å². The van der Waals surface area contributed by atoms with Crippen LogP contribution in [0.2, 0.25) is 0 Å². The van der Waals surface area contributed by atoms with E-state index in [2.05, 4.69) is 217 Å². The van der Waals surface area contributed by atoms with Gasteiger partial charge in [0.1, 0.15) is 0 Å². The van der Waals surface area contributed by atoms with Gasteiger partial charge < -0.3 is 4.90 Å². The van der Waals surface area contributed by atoms with E-state index in [1.807, 2.05) is 0 Å². The fourth-order valence-corrected chi connectivity index (χ4v) is 6.67. The van der Waals surface area contributed by atoms with Gasteiger partial charge in [-0.15, -0.1) is 0 Å². The first kappa shape index (κ1) is 29.9. The van der Waals surface area contributed by atoms with Gasteiger partial charge in [0.2, 0.25) is 0 Å². The lowest BCUT2D eigenvalue weighted by molar-refractivity contribution is 1.28. The van der Waals surface area contributed by atoms with Crippen LogP contribution in [0.4, 0.5) is 17.1 Å². The second kappa shape index (κ2) is 13.7. The molecule has 0 amide bonds. The van der Waals surface area contributed by atoms with E-state index in [-0.39, 0.29) is 0 Å². The van der Waals surface area contributed by atoms with Crippen LogP contribution >= 0.6 is 0 Å². The van der Waals surface area contributed by atoms with Crippen molar-refractivity contribution in [3.63, 3.8) is 0 Å². The quantitative estimate of drug-likeness (QED) is 0.162. The maximum Gasteiger partial charge on any atom is 0.0468 e. The fourth-order valence-electron chi connectivity index (χ4n) is 6.67. The van der Waals surface area contributed by atoms with E-state index in [9.17, 15) is 0 Å². The van der Waals surface area contributed by atoms with Crippen molar-refractivity contribution in [3.05, 3.63) is 212 Å². The molecule has 0 saturated heterocycles. The van der Waals surface area contributed by atoms with Crippen LogP contribution in [0.3, 0.4) is 0 Å². The second-order valence-electron chi connectivity index (χ2n) is 12.2. The van der Waals surface area contributed by atoms with Crippen LogP contribution in [0.1, 0.15) is 0 Å². The molecule has 0 aliphatic rings. The molecule has 0 saturated carbocycles. The van der Waals surface area contributed by atoms with Crippen molar-refractivity contribution < 1.29 is 0 Å². The molecule has 8 aromatic rings. The smallest absolute Gasteiger partial charge is 0.0468 e. The highest BCUT2D eigenvalue weighted by atomic mass is 15.1. The van der Waals surface area contributed by atoms with Crippen LogP contribution in [0.15, 0.2) is 212 Å². The molecule has 0 radical (unpaired) electrons. The summed E-state index contributed by atoms with van der Waals surface area (Å²) in [5.41, 5.74) is 15.3. The van der Waals surface area contributed by atoms with Crippen LogP contribution in [-0.4, -0.2) is 0 Å². The Morgan fingerprint density at radius 1 is 0.204 bits per heavy atom. The van der Waals surface area contributed by atoms with E-state index in [1.165, 1.54) is 55.6 Å². The summed E-state index contributed by atoms with van der Waals surface area (Å²) in [6, 6.07) is 76.0. The molecule has 0 N–H and O–H groups in total. The van der Waals surface area contributed by atoms with Gasteiger partial charge >= 0.3 is 0 Å². The molecule has 1 nitrogen and oxygen atoms in total. The van der Waals surface area contributed by atoms with E-state index >= 15 is 0 Å². The monoisotopic (exact) mass is 625 g/mol. The van der Waals surface area contributed by atoms with Gasteiger partial charge in [-0.3, -0.25) is 0 Å². The van der Waals surface area contributed by atoms with Crippen LogP contribution in [0.25, 0.3) is 55.6 Å². The summed E-state index contributed by atoms with van der Waals surface area (Å²) in [4.78, 5) is 2.37. The van der Waals surface area contributed by atoms with Gasteiger partial charge in [-0.25, -0.2) is 0 Å². The molecule has 0 unspecified atom stereocenters. The van der Waals surface area contributed by atoms with Gasteiger partial charge in [-0.1, -0.05) is 176 Å². The molecule has 0 atom stereocenters. The Kier molecular flexibility index (Phi) is 8.39. The van der Waals surface area contributed by atoms with Crippen LogP contribution < -0.4 is 4.90 Å². The molecular formula is C48H35N. The third-order valence-corrected chi connectivity index (χ3v) is 9.11. The third kappa shape index (κ3) is 6.31. The maximum absolute atomic E-state index is 2.37. The topological polar surface area (TPSA) is 3.24 Å². The standard InChI is InChI=1S/C48H35N/c1-5-15-36(16-6-1)38-25-29-42(30-26-38)49(43-31-27-39(28-32-43)37-17-7-2-8-18-37)44-33-34-46(41-21-11-4-12-22-41)48(35-44)47-24-14-13-23-45(47)40-19-9-3-10-20-40/h1-35H. The molecule has 8 rings (SSSR count). The predicted octanol–water partition coefficient (Wildman–Crippen LogP) is 13.5. The van der Waals surface area contributed by atoms with Gasteiger partial charge in [0.15, 0.2) is 0 Å². The Hall–Kier alpha value is -6.44. The molecule has 1 heteroatoms. The Morgan fingerprint density at radius 3 is 0.980 bits per heavy atom. The lowest BCUT2D eigenvalue weighted by atomic mass is 9.89. The average molecular weight is 626 g/mol. The van der Waals surface area contributed by atoms with Crippen molar-refractivity contribution in [2.75, 3.05) is 4.90 Å². The van der Waals surface area contributed by atoms with Crippen molar-refractivity contribution >= 4 is 17.1 Å². The summed E-state index contributed by atoms with van der Waals surface area (Å²) < 4.78 is 0. The zero-order valence-electron chi connectivity index (χ0n) is 27.2. The Morgan fingerprint density at radius 2 is 0.531 bits per heavy atom. The van der Waals surface area contributed by atoms with Crippen molar-refractivity contribution in [3.8, 4) is 55.6 Å². The minimum atomic E-state index is 1.09. The highest BCUT2D eigenvalue weighted by molar-refractivity contribution is 5.94. The molecule has 0 aromatic heterocycles. The normalized spacial score (nSPS) is 10.9. The van der Waals surface area contributed by atoms with Gasteiger partial charge in [0, 0.05) is 17.1 Å². The number of hydrogen-bond acceptors (Lipinski definition) is 1. The van der Waals surface area contributed by atoms with E-state index < -0.39 is 0 Å². The SMILES string of the molecule is c1ccc(-c2ccc(N(c3ccc(-c4ccccc4)cc3)c3ccc(-c4ccccc4)c(-c4ccccc4-c4ccccc4)c3)cc2)cc1. The maximum atomic E-state index is 2.37. The summed E-state index contributed by atoms with van der Waals surface area (Å²) in [7, 11) is 0. The summed E-state index contributed by atoms with van der Waals surface area (Å²) in [6.45, 7) is 0. The highest BCUT2D eigenvalue weighted by Gasteiger charge is 2.18. The summed E-state index contributed by atoms with van der Waals surface area (Å²) in [5.74, 6) is 0. The summed E-state index contributed by atoms with van der Waals surface area (Å²) >= 11 is 0. The van der Waals surface area contributed by atoms with Crippen molar-refractivity contribution in [1.29, 1.82) is 0 Å². The lowest BCUT2D eigenvalue weighted by Crippen LogP contribution is -2.10. The Balaban J connectivity index is 1.31. The van der Waals surface area contributed by atoms with Crippen molar-refractivity contribution in [2.45, 2.75) is 0 Å². The van der Waals surface area contributed by atoms with Crippen LogP contribution in [0.5, 0.6) is 0 Å². The van der Waals surface area contributed by atoms with E-state index in [1.54, 1.807) is 0 Å². The largest absolute Gasteiger partial charge is 0.310 e. The molecule has 8 aromatic carbocycles. The van der Waals surface area contributed by atoms with E-state index in [0.717, 1.165) is 17.1 Å². The second-order valence-corrected chi connectivity index (χ2v) is 12.2. The van der Waals surface area contributed by atoms with Gasteiger partial charge in [-0.2, -0.15) is 0 Å². The number of benzene rings is 8. The first-order valence-corrected chi connectivity index (χ1v) is 16.8. The zero-order valence-corrected chi connectivity index (χ0v) is 27.2. The minimum absolute atomic E-state index is 1.09. The number of rotatable bonds is 8. The average Bonchev–Trinajstić information content (AvgIpc) is 3.20. The lowest BCUT2D eigenvalue weighted by Gasteiger charge is -2.27. The van der Waals surface area contributed by atoms with Crippen molar-refractivity contribution in [2.24, 2.45) is 0 Å². The predicted molar refractivity (Wildman–Crippen MR) is 208 cm³/mol. The van der Waals surface area contributed by atoms with E-state index in [0.29, 0.717) is 0 Å². The zero-order chi connectivity index (χ0) is 32.8. The van der Waals surface area contributed by atoms with Gasteiger partial charge in [0.25, 0.3) is 0 Å². The molecule has 0 heterocycles. The molecule has 0 aliphatic heterocycles. The molecule has 232 valence electrons. The molecule has 0 aliphatic carbocycles. The molecule has 49 heavy (non-hydrogen) atoms. The van der Waals surface area contributed by atoms with Crippen LogP contribution in [-0.2, 0) is 0 Å². The summed E-state index contributed by atoms with van der Waals surface area (Å²) in [5, 5.41) is 0. The fraction of sp³-hybridized carbons (Fsp3) is 0. The summed E-state index contributed by atoms with van der Waals surface area (Å²) in [6.07, 6.45) is 0. The minimum Gasteiger partial charge on any atom is -0.310 e. The number of nitrogens with zero attached hydrogens (tertiary/aromatic N) is 1. The molecule has 0 spiro atoms. The Bertz CT molecular complexity index is 2190. The third-order valence-electron chi connectivity index (χ3n) is 9.11. The van der Waals surface area contributed by atoms with Crippen molar-refractivity contribution in [1.82, 2.24) is 0 Å². The number of hydrogen-bond donors (Lipinski definition) is 0. The van der Waals surface area contributed by atoms with Gasteiger partial charge in [0.05, 0.1) is 0 Å². The number of anilines is 3.